The molecule has 1 heterocycles. The van der Waals surface area contributed by atoms with Crippen molar-refractivity contribution in [1.82, 2.24) is 4.98 Å². The minimum absolute atomic E-state index is 0.107. The number of carbonyl (C=O) groups is 1. The third-order valence-electron chi connectivity index (χ3n) is 2.92. The van der Waals surface area contributed by atoms with Gasteiger partial charge in [-0.1, -0.05) is 12.8 Å². The number of anilines is 2. The molecule has 0 saturated heterocycles. The Balaban J connectivity index is 2.20. The molecule has 86 valence electrons. The second-order valence-electron chi connectivity index (χ2n) is 4.05. The second-order valence-corrected chi connectivity index (χ2v) is 4.05. The Morgan fingerprint density at radius 2 is 2.19 bits per heavy atom. The van der Waals surface area contributed by atoms with Crippen LogP contribution < -0.4 is 11.1 Å². The molecule has 2 rings (SSSR count). The van der Waals surface area contributed by atoms with Gasteiger partial charge < -0.3 is 16.2 Å². The number of nitrogen functional groups attached to an aromatic ring is 1. The highest BCUT2D eigenvalue weighted by Crippen LogP contribution is 2.25. The first-order chi connectivity index (χ1) is 7.68. The lowest BCUT2D eigenvalue weighted by Crippen LogP contribution is -2.18. The molecule has 1 aromatic rings. The monoisotopic (exact) mass is 221 g/mol. The van der Waals surface area contributed by atoms with E-state index in [2.05, 4.69) is 10.3 Å². The lowest BCUT2D eigenvalue weighted by molar-refractivity contribution is 0.0698. The first kappa shape index (κ1) is 10.7. The van der Waals surface area contributed by atoms with Gasteiger partial charge in [-0.25, -0.2) is 9.78 Å². The van der Waals surface area contributed by atoms with Crippen LogP contribution in [0.1, 0.15) is 36.0 Å². The molecule has 1 aliphatic carbocycles. The van der Waals surface area contributed by atoms with Crippen molar-refractivity contribution in [3.63, 3.8) is 0 Å². The minimum Gasteiger partial charge on any atom is -0.478 e. The SMILES string of the molecule is Nc1c(C(=O)O)ccnc1NC1CCCC1. The van der Waals surface area contributed by atoms with Crippen molar-refractivity contribution in [3.8, 4) is 0 Å². The van der Waals surface area contributed by atoms with E-state index in [1.165, 1.54) is 25.1 Å². The summed E-state index contributed by atoms with van der Waals surface area (Å²) in [7, 11) is 0. The van der Waals surface area contributed by atoms with Crippen LogP contribution in [0.3, 0.4) is 0 Å². The third kappa shape index (κ3) is 2.08. The zero-order valence-corrected chi connectivity index (χ0v) is 8.94. The maximum Gasteiger partial charge on any atom is 0.337 e. The second kappa shape index (κ2) is 4.38. The smallest absolute Gasteiger partial charge is 0.337 e. The van der Waals surface area contributed by atoms with Crippen LogP contribution in [0.25, 0.3) is 0 Å². The van der Waals surface area contributed by atoms with Crippen LogP contribution in [-0.2, 0) is 0 Å². The molecule has 1 fully saturated rings. The van der Waals surface area contributed by atoms with E-state index in [-0.39, 0.29) is 11.3 Å². The van der Waals surface area contributed by atoms with E-state index < -0.39 is 5.97 Å². The van der Waals surface area contributed by atoms with Gasteiger partial charge in [0.05, 0.1) is 11.3 Å². The van der Waals surface area contributed by atoms with E-state index in [1.807, 2.05) is 0 Å². The predicted octanol–water partition coefficient (Wildman–Crippen LogP) is 1.72. The summed E-state index contributed by atoms with van der Waals surface area (Å²) in [5.41, 5.74) is 6.09. The molecule has 0 bridgehead atoms. The first-order valence-electron chi connectivity index (χ1n) is 5.43. The normalized spacial score (nSPS) is 16.2. The van der Waals surface area contributed by atoms with Crippen molar-refractivity contribution < 1.29 is 9.90 Å². The molecule has 0 aliphatic heterocycles. The van der Waals surface area contributed by atoms with Crippen molar-refractivity contribution in [2.24, 2.45) is 0 Å². The molecule has 0 spiro atoms. The fraction of sp³-hybridized carbons (Fsp3) is 0.455. The number of aromatic nitrogens is 1. The van der Waals surface area contributed by atoms with E-state index in [0.29, 0.717) is 11.9 Å². The van der Waals surface area contributed by atoms with Crippen molar-refractivity contribution in [1.29, 1.82) is 0 Å². The van der Waals surface area contributed by atoms with Crippen LogP contribution in [0.2, 0.25) is 0 Å². The molecule has 0 atom stereocenters. The summed E-state index contributed by atoms with van der Waals surface area (Å²) in [6.07, 6.45) is 6.07. The number of carboxylic acid groups (broad SMARTS) is 1. The van der Waals surface area contributed by atoms with Gasteiger partial charge in [0.2, 0.25) is 0 Å². The largest absolute Gasteiger partial charge is 0.478 e. The average molecular weight is 221 g/mol. The number of aromatic carboxylic acids is 1. The number of carboxylic acids is 1. The Kier molecular flexibility index (Phi) is 2.94. The number of hydrogen-bond acceptors (Lipinski definition) is 4. The fourth-order valence-electron chi connectivity index (χ4n) is 2.04. The number of rotatable bonds is 3. The molecular formula is C11H15N3O2. The Labute approximate surface area is 93.7 Å². The highest BCUT2D eigenvalue weighted by Gasteiger charge is 2.18. The molecule has 5 nitrogen and oxygen atoms in total. The molecule has 4 N–H and O–H groups in total. The molecule has 0 aromatic carbocycles. The molecule has 16 heavy (non-hydrogen) atoms. The fourth-order valence-corrected chi connectivity index (χ4v) is 2.04. The Morgan fingerprint density at radius 3 is 2.81 bits per heavy atom. The molecule has 1 aliphatic rings. The molecule has 1 aromatic heterocycles. The van der Waals surface area contributed by atoms with Crippen LogP contribution in [0.4, 0.5) is 11.5 Å². The topological polar surface area (TPSA) is 88.2 Å². The molecule has 0 radical (unpaired) electrons. The number of nitrogens with zero attached hydrogens (tertiary/aromatic N) is 1. The highest BCUT2D eigenvalue weighted by atomic mass is 16.4. The molecule has 1 saturated carbocycles. The Bertz CT molecular complexity index is 400. The third-order valence-corrected chi connectivity index (χ3v) is 2.92. The van der Waals surface area contributed by atoms with Gasteiger partial charge in [-0.3, -0.25) is 0 Å². The molecule has 0 unspecified atom stereocenters. The van der Waals surface area contributed by atoms with Crippen LogP contribution in [0.5, 0.6) is 0 Å². The van der Waals surface area contributed by atoms with Crippen molar-refractivity contribution in [2.75, 3.05) is 11.1 Å². The minimum atomic E-state index is -1.02. The summed E-state index contributed by atoms with van der Waals surface area (Å²) in [4.78, 5) is 15.0. The van der Waals surface area contributed by atoms with Crippen LogP contribution in [0, 0.1) is 0 Å². The quantitative estimate of drug-likeness (QED) is 0.723. The molecule has 0 amide bonds. The first-order valence-corrected chi connectivity index (χ1v) is 5.43. The zero-order chi connectivity index (χ0) is 11.5. The van der Waals surface area contributed by atoms with Gasteiger partial charge in [0, 0.05) is 12.2 Å². The van der Waals surface area contributed by atoms with E-state index in [0.717, 1.165) is 12.8 Å². The maximum absolute atomic E-state index is 10.9. The highest BCUT2D eigenvalue weighted by molar-refractivity contribution is 5.96. The lowest BCUT2D eigenvalue weighted by atomic mass is 10.2. The summed E-state index contributed by atoms with van der Waals surface area (Å²) >= 11 is 0. The maximum atomic E-state index is 10.9. The van der Waals surface area contributed by atoms with Crippen LogP contribution in [0.15, 0.2) is 12.3 Å². The zero-order valence-electron chi connectivity index (χ0n) is 8.94. The Hall–Kier alpha value is -1.78. The van der Waals surface area contributed by atoms with Crippen LogP contribution in [-0.4, -0.2) is 22.1 Å². The van der Waals surface area contributed by atoms with Gasteiger partial charge in [-0.15, -0.1) is 0 Å². The number of hydrogen-bond donors (Lipinski definition) is 3. The lowest BCUT2D eigenvalue weighted by Gasteiger charge is -2.15. The summed E-state index contributed by atoms with van der Waals surface area (Å²) in [5.74, 6) is -0.527. The standard InChI is InChI=1S/C11H15N3O2/c12-9-8(11(15)16)5-6-13-10(9)14-7-3-1-2-4-7/h5-7H,1-4,12H2,(H,13,14)(H,15,16). The summed E-state index contributed by atoms with van der Waals surface area (Å²) in [6, 6.07) is 1.79. The van der Waals surface area contributed by atoms with Gasteiger partial charge in [-0.2, -0.15) is 0 Å². The van der Waals surface area contributed by atoms with Crippen molar-refractivity contribution in [2.45, 2.75) is 31.7 Å². The summed E-state index contributed by atoms with van der Waals surface area (Å²) in [6.45, 7) is 0. The van der Waals surface area contributed by atoms with E-state index in [1.54, 1.807) is 0 Å². The predicted molar refractivity (Wildman–Crippen MR) is 61.5 cm³/mol. The van der Waals surface area contributed by atoms with E-state index in [9.17, 15) is 4.79 Å². The van der Waals surface area contributed by atoms with Gasteiger partial charge in [0.15, 0.2) is 0 Å². The summed E-state index contributed by atoms with van der Waals surface area (Å²) < 4.78 is 0. The molecular weight excluding hydrogens is 206 g/mol. The number of nitrogens with two attached hydrogens (primary N) is 1. The van der Waals surface area contributed by atoms with Crippen molar-refractivity contribution in [3.05, 3.63) is 17.8 Å². The average Bonchev–Trinajstić information content (AvgIpc) is 2.73. The van der Waals surface area contributed by atoms with Gasteiger partial charge in [0.1, 0.15) is 5.82 Å². The molecule has 5 heteroatoms. The van der Waals surface area contributed by atoms with Crippen LogP contribution >= 0.6 is 0 Å². The van der Waals surface area contributed by atoms with Gasteiger partial charge >= 0.3 is 5.97 Å². The number of pyridine rings is 1. The van der Waals surface area contributed by atoms with Crippen molar-refractivity contribution >= 4 is 17.5 Å². The van der Waals surface area contributed by atoms with Gasteiger partial charge in [0.25, 0.3) is 0 Å². The summed E-state index contributed by atoms with van der Waals surface area (Å²) in [5, 5.41) is 12.1. The van der Waals surface area contributed by atoms with E-state index in [4.69, 9.17) is 10.8 Å². The number of nitrogens with one attached hydrogen (secondary N) is 1. The van der Waals surface area contributed by atoms with E-state index >= 15 is 0 Å². The van der Waals surface area contributed by atoms with Gasteiger partial charge in [-0.05, 0) is 18.9 Å². The Morgan fingerprint density at radius 1 is 1.50 bits per heavy atom.